The molecule has 0 aromatic heterocycles. The third-order valence-corrected chi connectivity index (χ3v) is 11.9. The Kier molecular flexibility index (Phi) is 25.1. The van der Waals surface area contributed by atoms with Crippen LogP contribution in [0.15, 0.2) is 131 Å². The first-order chi connectivity index (χ1) is 35.6. The van der Waals surface area contributed by atoms with Gasteiger partial charge in [0, 0.05) is 38.8 Å². The van der Waals surface area contributed by atoms with E-state index in [0.29, 0.717) is 35.1 Å². The quantitative estimate of drug-likeness (QED) is 0.0113. The zero-order valence-corrected chi connectivity index (χ0v) is 42.2. The van der Waals surface area contributed by atoms with Gasteiger partial charge in [0.15, 0.2) is 23.5 Å². The summed E-state index contributed by atoms with van der Waals surface area (Å²) in [4.78, 5) is 119. The lowest BCUT2D eigenvalue weighted by atomic mass is 10.0. The predicted octanol–water partition coefficient (Wildman–Crippen LogP) is 0.589. The maximum Gasteiger partial charge on any atom is 0.309 e. The van der Waals surface area contributed by atoms with E-state index >= 15 is 0 Å². The number of aliphatic imine (C=N–C) groups is 2. The van der Waals surface area contributed by atoms with Crippen LogP contribution in [0.3, 0.4) is 0 Å². The van der Waals surface area contributed by atoms with Crippen molar-refractivity contribution in [1.29, 1.82) is 0 Å². The lowest BCUT2D eigenvalue weighted by Gasteiger charge is -2.26. The van der Waals surface area contributed by atoms with Crippen LogP contribution in [0.4, 0.5) is 0 Å². The van der Waals surface area contributed by atoms with Gasteiger partial charge in [-0.05, 0) is 47.9 Å². The second-order valence-corrected chi connectivity index (χ2v) is 17.7. The lowest BCUT2D eigenvalue weighted by Crippen LogP contribution is -2.60. The summed E-state index contributed by atoms with van der Waals surface area (Å²) in [7, 11) is 0. The van der Waals surface area contributed by atoms with Crippen molar-refractivity contribution in [3.05, 3.63) is 144 Å². The standard InChI is InChI=1S/C52H64Cl2N12O8/c53-31-43(67)37(23-13-25-59-51(55)56)61-45(69)39(27-33-15-5-1-6-16-33)63-47(71)41(29-35-19-9-3-10-20-35)65-49(73)50(74)66-42(30-36-21-11-4-12-22-36)48(72)64-40(28-34-17-7-2-8-18-34)46(70)62-38(44(68)32-54)24-14-26-60-52(57)58/h1-12,15-22,37-42H,13-14,23-32H2,(H,61,69)(H,62,70)(H,63,71)(H,64,72)(H,65,73)(H,66,74)(H4,55,56,59)(H4,57,58,60). The molecule has 6 amide bonds. The highest BCUT2D eigenvalue weighted by Crippen LogP contribution is 2.12. The molecule has 4 aromatic carbocycles. The summed E-state index contributed by atoms with van der Waals surface area (Å²) in [6, 6.07) is 27.1. The van der Waals surface area contributed by atoms with Gasteiger partial charge in [-0.1, -0.05) is 121 Å². The highest BCUT2D eigenvalue weighted by molar-refractivity contribution is 6.36. The fourth-order valence-corrected chi connectivity index (χ4v) is 7.97. The number of nitrogens with one attached hydrogen (secondary N) is 6. The van der Waals surface area contributed by atoms with Crippen molar-refractivity contribution in [3.8, 4) is 0 Å². The molecule has 0 spiro atoms. The molecule has 394 valence electrons. The molecule has 0 saturated heterocycles. The molecule has 0 saturated carbocycles. The molecule has 0 aliphatic carbocycles. The number of ketones is 2. The van der Waals surface area contributed by atoms with E-state index in [9.17, 15) is 38.4 Å². The van der Waals surface area contributed by atoms with Gasteiger partial charge >= 0.3 is 11.8 Å². The minimum Gasteiger partial charge on any atom is -0.370 e. The molecule has 4 aromatic rings. The summed E-state index contributed by atoms with van der Waals surface area (Å²) in [5.41, 5.74) is 24.2. The number of hydrogen-bond acceptors (Lipinski definition) is 10. The Morgan fingerprint density at radius 1 is 0.378 bits per heavy atom. The van der Waals surface area contributed by atoms with Gasteiger partial charge in [0.2, 0.25) is 23.6 Å². The predicted molar refractivity (Wildman–Crippen MR) is 283 cm³/mol. The molecule has 0 heterocycles. The van der Waals surface area contributed by atoms with E-state index in [0.717, 1.165) is 0 Å². The molecule has 14 N–H and O–H groups in total. The molecular weight excluding hydrogens is 992 g/mol. The van der Waals surface area contributed by atoms with E-state index < -0.39 is 95.0 Å². The van der Waals surface area contributed by atoms with Crippen LogP contribution in [0.1, 0.15) is 47.9 Å². The minimum atomic E-state index is -1.47. The number of carbonyl (C=O) groups is 8. The first kappa shape index (κ1) is 58.7. The number of carbonyl (C=O) groups excluding carboxylic acids is 8. The highest BCUT2D eigenvalue weighted by Gasteiger charge is 2.34. The zero-order valence-electron chi connectivity index (χ0n) is 40.7. The third-order valence-electron chi connectivity index (χ3n) is 11.4. The summed E-state index contributed by atoms with van der Waals surface area (Å²) in [6.07, 6.45) is 0.521. The summed E-state index contributed by atoms with van der Waals surface area (Å²) in [5, 5.41) is 15.8. The summed E-state index contributed by atoms with van der Waals surface area (Å²) < 4.78 is 0. The number of halogens is 2. The number of rotatable bonds is 30. The molecule has 0 bridgehead atoms. The molecule has 4 rings (SSSR count). The first-order valence-electron chi connectivity index (χ1n) is 23.8. The molecule has 74 heavy (non-hydrogen) atoms. The van der Waals surface area contributed by atoms with E-state index in [-0.39, 0.29) is 63.5 Å². The average molecular weight is 1060 g/mol. The Balaban J connectivity index is 1.61. The van der Waals surface area contributed by atoms with Crippen molar-refractivity contribution in [2.24, 2.45) is 32.9 Å². The van der Waals surface area contributed by atoms with Crippen molar-refractivity contribution in [2.75, 3.05) is 24.8 Å². The number of nitrogens with zero attached hydrogens (tertiary/aromatic N) is 2. The van der Waals surface area contributed by atoms with E-state index in [1.54, 1.807) is 121 Å². The Morgan fingerprint density at radius 3 is 0.865 bits per heavy atom. The fourth-order valence-electron chi connectivity index (χ4n) is 7.59. The highest BCUT2D eigenvalue weighted by atomic mass is 35.5. The van der Waals surface area contributed by atoms with Gasteiger partial charge in [0.05, 0.1) is 23.8 Å². The van der Waals surface area contributed by atoms with Crippen LogP contribution in [0.2, 0.25) is 0 Å². The molecule has 6 unspecified atom stereocenters. The van der Waals surface area contributed by atoms with E-state index in [4.69, 9.17) is 46.1 Å². The smallest absolute Gasteiger partial charge is 0.309 e. The van der Waals surface area contributed by atoms with Gasteiger partial charge in [-0.25, -0.2) is 0 Å². The summed E-state index contributed by atoms with van der Waals surface area (Å²) >= 11 is 11.8. The number of hydrogen-bond donors (Lipinski definition) is 10. The number of amides is 6. The van der Waals surface area contributed by atoms with E-state index in [1.807, 2.05) is 0 Å². The van der Waals surface area contributed by atoms with Gasteiger partial charge in [0.1, 0.15) is 24.2 Å². The van der Waals surface area contributed by atoms with Crippen LogP contribution in [0.5, 0.6) is 0 Å². The first-order valence-corrected chi connectivity index (χ1v) is 24.9. The maximum atomic E-state index is 14.4. The van der Waals surface area contributed by atoms with Crippen LogP contribution in [0.25, 0.3) is 0 Å². The third kappa shape index (κ3) is 21.1. The molecule has 0 radical (unpaired) electrons. The lowest BCUT2D eigenvalue weighted by molar-refractivity contribution is -0.142. The molecule has 0 aliphatic rings. The normalized spacial score (nSPS) is 13.2. The van der Waals surface area contributed by atoms with Crippen molar-refractivity contribution in [1.82, 2.24) is 31.9 Å². The SMILES string of the molecule is NC(N)=NCCCC(NC(=O)C(Cc1ccccc1)NC(=O)C(Cc1ccccc1)NC(=O)C(=O)NC(Cc1ccccc1)C(=O)NC(Cc1ccccc1)C(=O)NC(CCCN=C(N)N)C(=O)CCl)C(=O)CCl. The van der Waals surface area contributed by atoms with E-state index in [2.05, 4.69) is 41.9 Å². The number of Topliss-reactive ketones (excluding diaryl/α,β-unsaturated/α-hetero) is 2. The molecule has 20 nitrogen and oxygen atoms in total. The monoisotopic (exact) mass is 1050 g/mol. The Hall–Kier alpha value is -7.84. The zero-order chi connectivity index (χ0) is 53.8. The van der Waals surface area contributed by atoms with Crippen LogP contribution in [-0.2, 0) is 64.0 Å². The topological polar surface area (TPSA) is 338 Å². The van der Waals surface area contributed by atoms with E-state index in [1.165, 1.54) is 0 Å². The van der Waals surface area contributed by atoms with Gasteiger partial charge in [-0.2, -0.15) is 0 Å². The van der Waals surface area contributed by atoms with Crippen molar-refractivity contribution >= 4 is 82.1 Å². The molecule has 22 heteroatoms. The second-order valence-electron chi connectivity index (χ2n) is 17.2. The van der Waals surface area contributed by atoms with Crippen LogP contribution in [-0.4, -0.2) is 120 Å². The fraction of sp³-hybridized carbons (Fsp3) is 0.346. The summed E-state index contributed by atoms with van der Waals surface area (Å²) in [6.45, 7) is 0.353. The van der Waals surface area contributed by atoms with Crippen LogP contribution >= 0.6 is 23.2 Å². The largest absolute Gasteiger partial charge is 0.370 e. The van der Waals surface area contributed by atoms with Crippen molar-refractivity contribution < 1.29 is 38.4 Å². The Labute approximate surface area is 439 Å². The molecule has 0 fully saturated rings. The molecule has 6 atom stereocenters. The van der Waals surface area contributed by atoms with Gasteiger partial charge in [0.25, 0.3) is 0 Å². The van der Waals surface area contributed by atoms with Crippen LogP contribution < -0.4 is 54.8 Å². The van der Waals surface area contributed by atoms with Gasteiger partial charge in [-0.3, -0.25) is 48.3 Å². The maximum absolute atomic E-state index is 14.4. The number of benzene rings is 4. The number of nitrogens with two attached hydrogens (primary N) is 4. The Morgan fingerprint density at radius 2 is 0.622 bits per heavy atom. The molecular formula is C52H64Cl2N12O8. The number of alkyl halides is 2. The Bertz CT molecular complexity index is 2360. The average Bonchev–Trinajstić information content (AvgIpc) is 3.39. The van der Waals surface area contributed by atoms with Gasteiger partial charge in [-0.15, -0.1) is 23.2 Å². The minimum absolute atomic E-state index is 0.0383. The van der Waals surface area contributed by atoms with Crippen molar-refractivity contribution in [2.45, 2.75) is 87.6 Å². The van der Waals surface area contributed by atoms with Crippen LogP contribution in [0, 0.1) is 0 Å². The number of guanidine groups is 2. The second kappa shape index (κ2) is 31.6. The van der Waals surface area contributed by atoms with Crippen molar-refractivity contribution in [3.63, 3.8) is 0 Å². The molecule has 0 aliphatic heterocycles. The summed E-state index contributed by atoms with van der Waals surface area (Å²) in [5.74, 6) is -7.82. The van der Waals surface area contributed by atoms with Gasteiger partial charge < -0.3 is 54.8 Å².